The molecule has 0 unspecified atom stereocenters. The Kier molecular flexibility index (Phi) is 8.81. The quantitative estimate of drug-likeness (QED) is 0.299. The average molecular weight is 521 g/mol. The zero-order valence-electron chi connectivity index (χ0n) is 22.4. The Labute approximate surface area is 225 Å². The second-order valence-corrected chi connectivity index (χ2v) is 12.4. The van der Waals surface area contributed by atoms with Crippen molar-refractivity contribution in [3.05, 3.63) is 45.3 Å². The summed E-state index contributed by atoms with van der Waals surface area (Å²) in [4.78, 5) is 6.80. The van der Waals surface area contributed by atoms with Crippen molar-refractivity contribution in [2.75, 3.05) is 33.8 Å². The molecule has 1 aromatic carbocycles. The van der Waals surface area contributed by atoms with Gasteiger partial charge in [0.1, 0.15) is 16.7 Å². The van der Waals surface area contributed by atoms with Gasteiger partial charge in [-0.25, -0.2) is 0 Å². The number of benzene rings is 1. The number of rotatable bonds is 10. The minimum absolute atomic E-state index is 0.675. The molecule has 2 fully saturated rings. The summed E-state index contributed by atoms with van der Waals surface area (Å²) in [5.41, 5.74) is 3.10. The number of aryl methyl sites for hydroxylation is 1. The Balaban J connectivity index is 1.18. The maximum atomic E-state index is 9.06. The van der Waals surface area contributed by atoms with Gasteiger partial charge in [-0.15, -0.1) is 11.3 Å². The third kappa shape index (κ3) is 6.73. The van der Waals surface area contributed by atoms with Crippen LogP contribution >= 0.6 is 11.3 Å². The van der Waals surface area contributed by atoms with E-state index >= 15 is 0 Å². The zero-order chi connectivity index (χ0) is 25.6. The van der Waals surface area contributed by atoms with Crippen LogP contribution in [0.5, 0.6) is 5.75 Å². The second kappa shape index (κ2) is 12.4. The Morgan fingerprint density at radius 2 is 1.89 bits per heavy atom. The van der Waals surface area contributed by atoms with Gasteiger partial charge in [0, 0.05) is 23.4 Å². The van der Waals surface area contributed by atoms with Gasteiger partial charge in [-0.3, -0.25) is 4.90 Å². The van der Waals surface area contributed by atoms with Crippen LogP contribution in [0.2, 0.25) is 0 Å². The normalized spacial score (nSPS) is 18.0. The van der Waals surface area contributed by atoms with E-state index in [4.69, 9.17) is 14.5 Å². The molecule has 0 amide bonds. The molecule has 0 bridgehead atoms. The van der Waals surface area contributed by atoms with Gasteiger partial charge in [0.2, 0.25) is 0 Å². The van der Waals surface area contributed by atoms with Gasteiger partial charge in [0.15, 0.2) is 5.58 Å². The lowest BCUT2D eigenvalue weighted by molar-refractivity contribution is 0.173. The van der Waals surface area contributed by atoms with Crippen LogP contribution < -0.4 is 4.74 Å². The Morgan fingerprint density at radius 1 is 1.08 bits per heavy atom. The number of likely N-dealkylation sites (tertiary alicyclic amines) is 1. The summed E-state index contributed by atoms with van der Waals surface area (Å²) in [7, 11) is 4.18. The van der Waals surface area contributed by atoms with Crippen LogP contribution in [0.25, 0.3) is 11.0 Å². The SMILES string of the molecule is CN(C)Cc1c(OCC2CCCCC2)ccc2c(CCC3CCN(Cc4ccc(C#N)s4)CC3)noc12. The first-order valence-electron chi connectivity index (χ1n) is 14.0. The molecular formula is C30H40N4O2S. The molecule has 0 N–H and O–H groups in total. The number of hydrogen-bond acceptors (Lipinski definition) is 7. The molecule has 0 atom stereocenters. The molecule has 0 radical (unpaired) electrons. The lowest BCUT2D eigenvalue weighted by Crippen LogP contribution is -2.33. The highest BCUT2D eigenvalue weighted by Gasteiger charge is 2.23. The van der Waals surface area contributed by atoms with Crippen LogP contribution in [-0.2, 0) is 19.5 Å². The Hall–Kier alpha value is -2.40. The molecule has 198 valence electrons. The van der Waals surface area contributed by atoms with Crippen LogP contribution in [0.3, 0.4) is 0 Å². The zero-order valence-corrected chi connectivity index (χ0v) is 23.2. The van der Waals surface area contributed by atoms with Crippen LogP contribution in [0, 0.1) is 23.2 Å². The number of ether oxygens (including phenoxy) is 1. The van der Waals surface area contributed by atoms with Gasteiger partial charge >= 0.3 is 0 Å². The molecule has 0 spiro atoms. The molecule has 1 saturated heterocycles. The monoisotopic (exact) mass is 520 g/mol. The van der Waals surface area contributed by atoms with Crippen molar-refractivity contribution >= 4 is 22.3 Å². The van der Waals surface area contributed by atoms with E-state index < -0.39 is 0 Å². The maximum Gasteiger partial charge on any atom is 0.175 e. The number of fused-ring (bicyclic) bond motifs is 1. The van der Waals surface area contributed by atoms with Gasteiger partial charge in [0.05, 0.1) is 17.9 Å². The number of nitriles is 1. The van der Waals surface area contributed by atoms with Gasteiger partial charge in [-0.05, 0) is 102 Å². The number of thiophene rings is 1. The van der Waals surface area contributed by atoms with Crippen molar-refractivity contribution in [3.8, 4) is 11.8 Å². The fraction of sp³-hybridized carbons (Fsp3) is 0.600. The summed E-state index contributed by atoms with van der Waals surface area (Å²) in [6.07, 6.45) is 11.1. The highest BCUT2D eigenvalue weighted by molar-refractivity contribution is 7.12. The summed E-state index contributed by atoms with van der Waals surface area (Å²) in [5, 5.41) is 14.7. The van der Waals surface area contributed by atoms with E-state index in [2.05, 4.69) is 53.3 Å². The van der Waals surface area contributed by atoms with Crippen molar-refractivity contribution in [3.63, 3.8) is 0 Å². The van der Waals surface area contributed by atoms with Gasteiger partial charge in [-0.2, -0.15) is 5.26 Å². The molecule has 3 heterocycles. The average Bonchev–Trinajstić information content (AvgIpc) is 3.55. The van der Waals surface area contributed by atoms with E-state index in [0.717, 1.165) is 84.4 Å². The first kappa shape index (κ1) is 26.2. The van der Waals surface area contributed by atoms with Crippen LogP contribution in [0.15, 0.2) is 28.8 Å². The molecule has 1 aliphatic heterocycles. The van der Waals surface area contributed by atoms with Crippen LogP contribution in [0.4, 0.5) is 0 Å². The molecule has 2 aliphatic rings. The summed E-state index contributed by atoms with van der Waals surface area (Å²) in [6, 6.07) is 10.6. The first-order valence-corrected chi connectivity index (χ1v) is 14.8. The van der Waals surface area contributed by atoms with Crippen molar-refractivity contribution in [1.82, 2.24) is 15.0 Å². The van der Waals surface area contributed by atoms with Crippen molar-refractivity contribution in [1.29, 1.82) is 5.26 Å². The Morgan fingerprint density at radius 3 is 2.62 bits per heavy atom. The van der Waals surface area contributed by atoms with Crippen molar-refractivity contribution < 1.29 is 9.26 Å². The van der Waals surface area contributed by atoms with E-state index in [-0.39, 0.29) is 0 Å². The first-order chi connectivity index (χ1) is 18.1. The highest BCUT2D eigenvalue weighted by atomic mass is 32.1. The predicted molar refractivity (Wildman–Crippen MR) is 149 cm³/mol. The maximum absolute atomic E-state index is 9.06. The number of piperidine rings is 1. The second-order valence-electron chi connectivity index (χ2n) is 11.2. The summed E-state index contributed by atoms with van der Waals surface area (Å²) < 4.78 is 12.3. The standard InChI is InChI=1S/C30H40N4O2S/c1-33(2)20-27-29(35-21-23-6-4-3-5-7-23)13-11-26-28(32-36-30(26)27)12-8-22-14-16-34(17-15-22)19-25-10-9-24(18-31)37-25/h9-11,13,22-23H,3-8,12,14-17,19-21H2,1-2H3. The molecule has 2 aromatic heterocycles. The molecule has 7 heteroatoms. The molecule has 6 nitrogen and oxygen atoms in total. The van der Waals surface area contributed by atoms with E-state index in [9.17, 15) is 0 Å². The molecule has 1 saturated carbocycles. The summed E-state index contributed by atoms with van der Waals surface area (Å²) in [6.45, 7) is 4.80. The van der Waals surface area contributed by atoms with E-state index in [1.54, 1.807) is 11.3 Å². The lowest BCUT2D eigenvalue weighted by atomic mass is 9.90. The minimum Gasteiger partial charge on any atom is -0.493 e. The van der Waals surface area contributed by atoms with Gasteiger partial charge in [0.25, 0.3) is 0 Å². The number of hydrogen-bond donors (Lipinski definition) is 0. The minimum atomic E-state index is 0.675. The molecular weight excluding hydrogens is 480 g/mol. The van der Waals surface area contributed by atoms with Gasteiger partial charge in [-0.1, -0.05) is 24.4 Å². The van der Waals surface area contributed by atoms with Crippen LogP contribution in [-0.4, -0.2) is 48.7 Å². The van der Waals surface area contributed by atoms with E-state index in [0.29, 0.717) is 5.92 Å². The molecule has 37 heavy (non-hydrogen) atoms. The highest BCUT2D eigenvalue weighted by Crippen LogP contribution is 2.34. The van der Waals surface area contributed by atoms with Gasteiger partial charge < -0.3 is 14.2 Å². The largest absolute Gasteiger partial charge is 0.493 e. The number of aromatic nitrogens is 1. The third-order valence-corrected chi connectivity index (χ3v) is 9.07. The van der Waals surface area contributed by atoms with Crippen molar-refractivity contribution in [2.24, 2.45) is 11.8 Å². The van der Waals surface area contributed by atoms with Crippen molar-refractivity contribution in [2.45, 2.75) is 70.9 Å². The fourth-order valence-corrected chi connectivity index (χ4v) is 6.80. The molecule has 1 aliphatic carbocycles. The fourth-order valence-electron chi connectivity index (χ4n) is 5.95. The summed E-state index contributed by atoms with van der Waals surface area (Å²) in [5.74, 6) is 2.35. The number of nitrogens with zero attached hydrogens (tertiary/aromatic N) is 4. The van der Waals surface area contributed by atoms with E-state index in [1.165, 1.54) is 49.8 Å². The molecule has 3 aromatic rings. The predicted octanol–water partition coefficient (Wildman–Crippen LogP) is 6.63. The third-order valence-electron chi connectivity index (χ3n) is 8.10. The molecule has 5 rings (SSSR count). The smallest absolute Gasteiger partial charge is 0.175 e. The topological polar surface area (TPSA) is 65.5 Å². The Bertz CT molecular complexity index is 1200. The lowest BCUT2D eigenvalue weighted by Gasteiger charge is -2.31. The van der Waals surface area contributed by atoms with Crippen LogP contribution in [0.1, 0.15) is 72.4 Å². The summed E-state index contributed by atoms with van der Waals surface area (Å²) >= 11 is 1.62. The van der Waals surface area contributed by atoms with E-state index in [1.807, 2.05) is 6.07 Å².